The highest BCUT2D eigenvalue weighted by Gasteiger charge is 2.29. The van der Waals surface area contributed by atoms with Crippen LogP contribution in [-0.2, 0) is 16.1 Å². The summed E-state index contributed by atoms with van der Waals surface area (Å²) in [6.45, 7) is -0.0278. The average molecular weight is 273 g/mol. The van der Waals surface area contributed by atoms with Gasteiger partial charge in [-0.15, -0.1) is 0 Å². The molecule has 2 rings (SSSR count). The fourth-order valence-electron chi connectivity index (χ4n) is 2.09. The van der Waals surface area contributed by atoms with Crippen molar-refractivity contribution in [1.29, 1.82) is 0 Å². The number of aliphatic hydroxyl groups excluding tert-OH is 1. The van der Waals surface area contributed by atoms with Gasteiger partial charge in [0.1, 0.15) is 12.4 Å². The Hall–Kier alpha value is -2.32. The molecule has 0 radical (unpaired) electrons. The molecule has 1 fully saturated rings. The molecule has 0 bridgehead atoms. The topological polar surface area (TPSA) is 66.8 Å². The zero-order valence-corrected chi connectivity index (χ0v) is 11.2. The van der Waals surface area contributed by atoms with Crippen molar-refractivity contribution in [2.45, 2.75) is 19.4 Å². The maximum Gasteiger partial charge on any atom is 0.230 e. The van der Waals surface area contributed by atoms with Crippen LogP contribution in [0.2, 0.25) is 0 Å². The summed E-state index contributed by atoms with van der Waals surface area (Å²) in [5, 5.41) is 8.70. The van der Waals surface area contributed by atoms with E-state index in [0.29, 0.717) is 11.3 Å². The molecule has 0 atom stereocenters. The normalized spacial score (nSPS) is 14.2. The number of methoxy groups -OCH3 is 1. The quantitative estimate of drug-likeness (QED) is 0.650. The summed E-state index contributed by atoms with van der Waals surface area (Å²) in [6, 6.07) is 5.26. The van der Waals surface area contributed by atoms with Crippen LogP contribution in [0, 0.1) is 11.8 Å². The minimum absolute atomic E-state index is 0.163. The zero-order valence-electron chi connectivity index (χ0n) is 11.2. The molecule has 1 aliphatic heterocycles. The van der Waals surface area contributed by atoms with Gasteiger partial charge < -0.3 is 9.84 Å². The molecule has 1 aromatic carbocycles. The fraction of sp³-hybridized carbons (Fsp3) is 0.333. The number of carbonyl (C=O) groups is 2. The molecule has 20 heavy (non-hydrogen) atoms. The molecule has 0 unspecified atom stereocenters. The average Bonchev–Trinajstić information content (AvgIpc) is 2.77. The van der Waals surface area contributed by atoms with Gasteiger partial charge in [0.2, 0.25) is 11.8 Å². The molecule has 0 saturated carbocycles. The second-order valence-electron chi connectivity index (χ2n) is 4.36. The Morgan fingerprint density at radius 2 is 2.00 bits per heavy atom. The third kappa shape index (κ3) is 2.98. The number of aliphatic hydroxyl groups is 1. The fourth-order valence-corrected chi connectivity index (χ4v) is 2.09. The summed E-state index contributed by atoms with van der Waals surface area (Å²) in [6.07, 6.45) is 0.538. The van der Waals surface area contributed by atoms with E-state index in [1.165, 1.54) is 12.0 Å². The number of imide groups is 1. The van der Waals surface area contributed by atoms with Gasteiger partial charge in [-0.2, -0.15) is 0 Å². The van der Waals surface area contributed by atoms with Crippen LogP contribution in [0.1, 0.15) is 24.0 Å². The van der Waals surface area contributed by atoms with Crippen molar-refractivity contribution < 1.29 is 19.4 Å². The molecule has 1 aliphatic rings. The number of hydrogen-bond donors (Lipinski definition) is 1. The van der Waals surface area contributed by atoms with Gasteiger partial charge in [0.15, 0.2) is 0 Å². The van der Waals surface area contributed by atoms with Crippen molar-refractivity contribution in [1.82, 2.24) is 4.90 Å². The van der Waals surface area contributed by atoms with Crippen molar-refractivity contribution >= 4 is 11.8 Å². The highest BCUT2D eigenvalue weighted by atomic mass is 16.5. The van der Waals surface area contributed by atoms with Gasteiger partial charge >= 0.3 is 0 Å². The Balaban J connectivity index is 2.28. The first-order valence-electron chi connectivity index (χ1n) is 6.25. The summed E-state index contributed by atoms with van der Waals surface area (Å²) in [5.41, 5.74) is 1.43. The van der Waals surface area contributed by atoms with Gasteiger partial charge in [0.05, 0.1) is 13.7 Å². The standard InChI is InChI=1S/C15H15NO4/c1-20-13-5-4-11(3-2-8-17)9-12(13)10-16-14(18)6-7-15(16)19/h4-5,9,17H,6-8,10H2,1H3. The maximum absolute atomic E-state index is 11.6. The Bertz CT molecular complexity index is 582. The lowest BCUT2D eigenvalue weighted by molar-refractivity contribution is -0.139. The van der Waals surface area contributed by atoms with Crippen LogP contribution in [0.4, 0.5) is 0 Å². The first-order chi connectivity index (χ1) is 9.65. The highest BCUT2D eigenvalue weighted by molar-refractivity contribution is 6.01. The maximum atomic E-state index is 11.6. The number of rotatable bonds is 3. The number of carbonyl (C=O) groups excluding carboxylic acids is 2. The molecule has 1 heterocycles. The third-order valence-corrected chi connectivity index (χ3v) is 3.08. The van der Waals surface area contributed by atoms with E-state index in [1.807, 2.05) is 0 Å². The highest BCUT2D eigenvalue weighted by Crippen LogP contribution is 2.24. The summed E-state index contributed by atoms with van der Waals surface area (Å²) in [4.78, 5) is 24.5. The molecular weight excluding hydrogens is 258 g/mol. The number of nitrogens with zero attached hydrogens (tertiary/aromatic N) is 1. The second-order valence-corrected chi connectivity index (χ2v) is 4.36. The van der Waals surface area contributed by atoms with E-state index in [0.717, 1.165) is 5.56 Å². The predicted octanol–water partition coefficient (Wildman–Crippen LogP) is 0.688. The molecule has 1 saturated heterocycles. The number of ether oxygens (including phenoxy) is 1. The molecule has 0 aliphatic carbocycles. The molecule has 5 heteroatoms. The lowest BCUT2D eigenvalue weighted by atomic mass is 10.1. The molecule has 1 N–H and O–H groups in total. The van der Waals surface area contributed by atoms with Crippen LogP contribution >= 0.6 is 0 Å². The van der Waals surface area contributed by atoms with Crippen LogP contribution in [-0.4, -0.2) is 35.5 Å². The van der Waals surface area contributed by atoms with Crippen molar-refractivity contribution in [3.05, 3.63) is 29.3 Å². The van der Waals surface area contributed by atoms with Gasteiger partial charge in [-0.25, -0.2) is 0 Å². The number of benzene rings is 1. The lowest BCUT2D eigenvalue weighted by Gasteiger charge is -2.16. The second kappa shape index (κ2) is 6.22. The van der Waals surface area contributed by atoms with Gasteiger partial charge in [-0.05, 0) is 18.2 Å². The summed E-state index contributed by atoms with van der Waals surface area (Å²) < 4.78 is 5.24. The number of likely N-dealkylation sites (tertiary alicyclic amines) is 1. The zero-order chi connectivity index (χ0) is 14.5. The van der Waals surface area contributed by atoms with Crippen molar-refractivity contribution in [2.75, 3.05) is 13.7 Å². The van der Waals surface area contributed by atoms with Crippen molar-refractivity contribution in [3.63, 3.8) is 0 Å². The van der Waals surface area contributed by atoms with Crippen LogP contribution in [0.3, 0.4) is 0 Å². The van der Waals surface area contributed by atoms with Gasteiger partial charge in [-0.3, -0.25) is 14.5 Å². The van der Waals surface area contributed by atoms with Gasteiger partial charge in [0, 0.05) is 24.0 Å². The third-order valence-electron chi connectivity index (χ3n) is 3.08. The van der Waals surface area contributed by atoms with E-state index in [4.69, 9.17) is 9.84 Å². The lowest BCUT2D eigenvalue weighted by Crippen LogP contribution is -2.28. The minimum atomic E-state index is -0.218. The Kier molecular flexibility index (Phi) is 4.38. The van der Waals surface area contributed by atoms with E-state index in [9.17, 15) is 9.59 Å². The predicted molar refractivity (Wildman–Crippen MR) is 71.7 cm³/mol. The first-order valence-corrected chi connectivity index (χ1v) is 6.25. The molecular formula is C15H15NO4. The Morgan fingerprint density at radius 1 is 1.30 bits per heavy atom. The monoisotopic (exact) mass is 273 g/mol. The smallest absolute Gasteiger partial charge is 0.230 e. The van der Waals surface area contributed by atoms with Crippen LogP contribution in [0.15, 0.2) is 18.2 Å². The molecule has 104 valence electrons. The summed E-state index contributed by atoms with van der Waals surface area (Å²) in [5.74, 6) is 5.62. The molecule has 2 amide bonds. The summed E-state index contributed by atoms with van der Waals surface area (Å²) >= 11 is 0. The Labute approximate surface area is 117 Å². The summed E-state index contributed by atoms with van der Waals surface area (Å²) in [7, 11) is 1.53. The van der Waals surface area contributed by atoms with Crippen LogP contribution in [0.25, 0.3) is 0 Å². The minimum Gasteiger partial charge on any atom is -0.496 e. The largest absolute Gasteiger partial charge is 0.496 e. The molecule has 0 spiro atoms. The number of amides is 2. The molecule has 1 aromatic rings. The van der Waals surface area contributed by atoms with E-state index in [1.54, 1.807) is 18.2 Å². The van der Waals surface area contributed by atoms with E-state index in [2.05, 4.69) is 11.8 Å². The Morgan fingerprint density at radius 3 is 2.60 bits per heavy atom. The van der Waals surface area contributed by atoms with Gasteiger partial charge in [0.25, 0.3) is 0 Å². The van der Waals surface area contributed by atoms with Crippen molar-refractivity contribution in [2.24, 2.45) is 0 Å². The number of hydrogen-bond acceptors (Lipinski definition) is 4. The van der Waals surface area contributed by atoms with Crippen molar-refractivity contribution in [3.8, 4) is 17.6 Å². The van der Waals surface area contributed by atoms with Gasteiger partial charge in [-0.1, -0.05) is 11.8 Å². The molecule has 5 nitrogen and oxygen atoms in total. The van der Waals surface area contributed by atoms with Crippen LogP contribution < -0.4 is 4.74 Å². The van der Waals surface area contributed by atoms with E-state index >= 15 is 0 Å². The SMILES string of the molecule is COc1ccc(C#CCO)cc1CN1C(=O)CCC1=O. The first kappa shape index (κ1) is 14.1. The van der Waals surface area contributed by atoms with E-state index in [-0.39, 0.29) is 37.8 Å². The van der Waals surface area contributed by atoms with Crippen LogP contribution in [0.5, 0.6) is 5.75 Å². The molecule has 0 aromatic heterocycles. The van der Waals surface area contributed by atoms with E-state index < -0.39 is 0 Å².